The van der Waals surface area contributed by atoms with Gasteiger partial charge in [-0.15, -0.1) is 0 Å². The first-order valence-corrected chi connectivity index (χ1v) is 6.67. The molecule has 0 fully saturated rings. The van der Waals surface area contributed by atoms with Crippen LogP contribution in [-0.2, 0) is 11.2 Å². The zero-order valence-corrected chi connectivity index (χ0v) is 10.9. The molecule has 1 aromatic rings. The maximum absolute atomic E-state index is 5.14. The monoisotopic (exact) mass is 233 g/mol. The van der Waals surface area contributed by atoms with Gasteiger partial charge < -0.3 is 10.1 Å². The minimum Gasteiger partial charge on any atom is -0.385 e. The van der Waals surface area contributed by atoms with Crippen LogP contribution < -0.4 is 5.32 Å². The second-order valence-electron chi connectivity index (χ2n) is 4.81. The van der Waals surface area contributed by atoms with Gasteiger partial charge in [-0.1, -0.05) is 31.2 Å². The van der Waals surface area contributed by atoms with Gasteiger partial charge in [-0.05, 0) is 36.9 Å². The summed E-state index contributed by atoms with van der Waals surface area (Å²) in [4.78, 5) is 0. The number of methoxy groups -OCH3 is 1. The minimum absolute atomic E-state index is 0.616. The lowest BCUT2D eigenvalue weighted by molar-refractivity contribution is 0.186. The van der Waals surface area contributed by atoms with Crippen LogP contribution in [0.4, 0.5) is 0 Å². The van der Waals surface area contributed by atoms with Gasteiger partial charge in [-0.3, -0.25) is 0 Å². The summed E-state index contributed by atoms with van der Waals surface area (Å²) >= 11 is 0. The molecule has 0 spiro atoms. The molecular formula is C15H23NO. The number of likely N-dealkylation sites (N-methyl/N-ethyl adjacent to an activating group) is 1. The van der Waals surface area contributed by atoms with Crippen LogP contribution in [0.2, 0.25) is 0 Å². The van der Waals surface area contributed by atoms with E-state index in [9.17, 15) is 0 Å². The average molecular weight is 233 g/mol. The van der Waals surface area contributed by atoms with Gasteiger partial charge in [0, 0.05) is 25.7 Å². The largest absolute Gasteiger partial charge is 0.385 e. The van der Waals surface area contributed by atoms with E-state index >= 15 is 0 Å². The highest BCUT2D eigenvalue weighted by molar-refractivity contribution is 5.41. The Morgan fingerprint density at radius 1 is 1.41 bits per heavy atom. The lowest BCUT2D eigenvalue weighted by Crippen LogP contribution is -2.40. The molecule has 0 saturated heterocycles. The van der Waals surface area contributed by atoms with E-state index in [1.165, 1.54) is 18.4 Å². The van der Waals surface area contributed by atoms with Gasteiger partial charge in [0.15, 0.2) is 0 Å². The van der Waals surface area contributed by atoms with Crippen LogP contribution >= 0.6 is 0 Å². The number of ether oxygens (including phenoxy) is 1. The summed E-state index contributed by atoms with van der Waals surface area (Å²) in [6.07, 6.45) is 3.59. The van der Waals surface area contributed by atoms with E-state index in [0.29, 0.717) is 12.0 Å². The summed E-state index contributed by atoms with van der Waals surface area (Å²) in [5, 5.41) is 3.63. The SMILES string of the molecule is CCNC(CCCOC)C1Cc2ccccc21. The first-order chi connectivity index (χ1) is 8.36. The van der Waals surface area contributed by atoms with Crippen molar-refractivity contribution in [2.75, 3.05) is 20.3 Å². The van der Waals surface area contributed by atoms with E-state index in [-0.39, 0.29) is 0 Å². The van der Waals surface area contributed by atoms with Crippen LogP contribution in [-0.4, -0.2) is 26.3 Å². The van der Waals surface area contributed by atoms with Crippen molar-refractivity contribution in [3.63, 3.8) is 0 Å². The van der Waals surface area contributed by atoms with Gasteiger partial charge in [0.25, 0.3) is 0 Å². The minimum atomic E-state index is 0.616. The van der Waals surface area contributed by atoms with Crippen molar-refractivity contribution in [2.45, 2.75) is 38.1 Å². The highest BCUT2D eigenvalue weighted by Crippen LogP contribution is 2.38. The number of benzene rings is 1. The highest BCUT2D eigenvalue weighted by atomic mass is 16.5. The van der Waals surface area contributed by atoms with Crippen molar-refractivity contribution in [1.82, 2.24) is 5.32 Å². The molecule has 0 heterocycles. The van der Waals surface area contributed by atoms with Crippen molar-refractivity contribution in [2.24, 2.45) is 0 Å². The maximum Gasteiger partial charge on any atom is 0.0462 e. The number of hydrogen-bond donors (Lipinski definition) is 1. The Morgan fingerprint density at radius 3 is 2.94 bits per heavy atom. The summed E-state index contributed by atoms with van der Waals surface area (Å²) in [5.74, 6) is 0.711. The molecule has 0 bridgehead atoms. The second kappa shape index (κ2) is 6.18. The molecule has 1 N–H and O–H groups in total. The van der Waals surface area contributed by atoms with Gasteiger partial charge in [0.05, 0.1) is 0 Å². The predicted octanol–water partition coefficient (Wildman–Crippen LogP) is 2.73. The lowest BCUT2D eigenvalue weighted by Gasteiger charge is -2.37. The summed E-state index contributed by atoms with van der Waals surface area (Å²) in [5.41, 5.74) is 3.09. The average Bonchev–Trinajstić information content (AvgIpc) is 2.31. The van der Waals surface area contributed by atoms with Crippen LogP contribution in [0.3, 0.4) is 0 Å². The van der Waals surface area contributed by atoms with Crippen molar-refractivity contribution in [1.29, 1.82) is 0 Å². The molecule has 0 radical (unpaired) electrons. The summed E-state index contributed by atoms with van der Waals surface area (Å²) in [6, 6.07) is 9.45. The van der Waals surface area contributed by atoms with E-state index in [1.54, 1.807) is 12.7 Å². The third-order valence-corrected chi connectivity index (χ3v) is 3.71. The van der Waals surface area contributed by atoms with Gasteiger partial charge >= 0.3 is 0 Å². The van der Waals surface area contributed by atoms with Gasteiger partial charge in [-0.25, -0.2) is 0 Å². The van der Waals surface area contributed by atoms with Gasteiger partial charge in [0.2, 0.25) is 0 Å². The Bertz CT molecular complexity index is 351. The number of fused-ring (bicyclic) bond motifs is 1. The van der Waals surface area contributed by atoms with E-state index in [1.807, 2.05) is 0 Å². The summed E-state index contributed by atoms with van der Waals surface area (Å²) in [6.45, 7) is 4.11. The standard InChI is InChI=1S/C15H23NO/c1-3-16-15(9-6-10-17-2)14-11-12-7-4-5-8-13(12)14/h4-5,7-8,14-16H,3,6,9-11H2,1-2H3. The first kappa shape index (κ1) is 12.6. The molecule has 17 heavy (non-hydrogen) atoms. The molecule has 0 aromatic heterocycles. The zero-order valence-electron chi connectivity index (χ0n) is 10.9. The molecule has 0 amide bonds. The van der Waals surface area contributed by atoms with E-state index in [2.05, 4.69) is 36.5 Å². The van der Waals surface area contributed by atoms with E-state index in [4.69, 9.17) is 4.74 Å². The normalized spacial score (nSPS) is 19.5. The Morgan fingerprint density at radius 2 is 2.24 bits per heavy atom. The number of rotatable bonds is 7. The summed E-state index contributed by atoms with van der Waals surface area (Å²) in [7, 11) is 1.78. The molecule has 2 nitrogen and oxygen atoms in total. The smallest absolute Gasteiger partial charge is 0.0462 e. The van der Waals surface area contributed by atoms with Crippen LogP contribution in [0.1, 0.15) is 36.8 Å². The van der Waals surface area contributed by atoms with E-state index < -0.39 is 0 Å². The Hall–Kier alpha value is -0.860. The third kappa shape index (κ3) is 2.88. The van der Waals surface area contributed by atoms with Crippen LogP contribution in [0.15, 0.2) is 24.3 Å². The lowest BCUT2D eigenvalue weighted by atomic mass is 9.72. The molecule has 0 aliphatic heterocycles. The zero-order chi connectivity index (χ0) is 12.1. The van der Waals surface area contributed by atoms with Crippen LogP contribution in [0.5, 0.6) is 0 Å². The maximum atomic E-state index is 5.14. The fourth-order valence-corrected chi connectivity index (χ4v) is 2.81. The number of nitrogens with one attached hydrogen (secondary N) is 1. The molecular weight excluding hydrogens is 210 g/mol. The summed E-state index contributed by atoms with van der Waals surface area (Å²) < 4.78 is 5.14. The second-order valence-corrected chi connectivity index (χ2v) is 4.81. The molecule has 1 aliphatic carbocycles. The van der Waals surface area contributed by atoms with Gasteiger partial charge in [0.1, 0.15) is 0 Å². The fourth-order valence-electron chi connectivity index (χ4n) is 2.81. The van der Waals surface area contributed by atoms with Crippen molar-refractivity contribution in [3.8, 4) is 0 Å². The predicted molar refractivity (Wildman–Crippen MR) is 71.5 cm³/mol. The topological polar surface area (TPSA) is 21.3 Å². The Labute approximate surface area is 104 Å². The number of hydrogen-bond acceptors (Lipinski definition) is 2. The van der Waals surface area contributed by atoms with Gasteiger partial charge in [-0.2, -0.15) is 0 Å². The van der Waals surface area contributed by atoms with Crippen molar-refractivity contribution >= 4 is 0 Å². The molecule has 2 unspecified atom stereocenters. The third-order valence-electron chi connectivity index (χ3n) is 3.71. The molecule has 2 atom stereocenters. The van der Waals surface area contributed by atoms with Crippen LogP contribution in [0, 0.1) is 0 Å². The molecule has 1 aliphatic rings. The van der Waals surface area contributed by atoms with Crippen LogP contribution in [0.25, 0.3) is 0 Å². The molecule has 0 saturated carbocycles. The van der Waals surface area contributed by atoms with Crippen molar-refractivity contribution in [3.05, 3.63) is 35.4 Å². The van der Waals surface area contributed by atoms with Crippen molar-refractivity contribution < 1.29 is 4.74 Å². The highest BCUT2D eigenvalue weighted by Gasteiger charge is 2.31. The molecule has 94 valence electrons. The van der Waals surface area contributed by atoms with E-state index in [0.717, 1.165) is 19.6 Å². The Balaban J connectivity index is 1.94. The molecule has 2 rings (SSSR count). The molecule has 2 heteroatoms. The first-order valence-electron chi connectivity index (χ1n) is 6.67. The quantitative estimate of drug-likeness (QED) is 0.731. The fraction of sp³-hybridized carbons (Fsp3) is 0.600. The molecule has 1 aromatic carbocycles. The Kier molecular flexibility index (Phi) is 4.57.